The molecule has 1 N–H and O–H groups in total. The van der Waals surface area contributed by atoms with Gasteiger partial charge in [-0.3, -0.25) is 9.36 Å². The standard InChI is InChI=1S/C21H24N4O4S/c1-2-28-16-7-9-17(10-8-16)29-14-19(26)22-11-12-24-21(27)25(15-5-6-15)20(23-24)18-4-3-13-30-18/h3-4,7-10,13,15H,2,5-6,11-12,14H2,1H3,(H,22,26). The summed E-state index contributed by atoms with van der Waals surface area (Å²) >= 11 is 1.56. The molecule has 1 saturated carbocycles. The molecule has 4 rings (SSSR count). The number of hydrogen-bond acceptors (Lipinski definition) is 6. The largest absolute Gasteiger partial charge is 0.494 e. The Balaban J connectivity index is 1.29. The quantitative estimate of drug-likeness (QED) is 0.537. The lowest BCUT2D eigenvalue weighted by Crippen LogP contribution is -2.34. The van der Waals surface area contributed by atoms with Crippen molar-refractivity contribution in [1.82, 2.24) is 19.7 Å². The number of carbonyl (C=O) groups excluding carboxylic acids is 1. The molecule has 0 bridgehead atoms. The fraction of sp³-hybridized carbons (Fsp3) is 0.381. The summed E-state index contributed by atoms with van der Waals surface area (Å²) in [6.45, 7) is 3.03. The second-order valence-corrected chi connectivity index (χ2v) is 7.90. The molecule has 3 aromatic rings. The zero-order valence-electron chi connectivity index (χ0n) is 16.7. The molecular formula is C21H24N4O4S. The fourth-order valence-electron chi connectivity index (χ4n) is 3.10. The van der Waals surface area contributed by atoms with Crippen molar-refractivity contribution in [3.63, 3.8) is 0 Å². The topological polar surface area (TPSA) is 87.4 Å². The van der Waals surface area contributed by atoms with Gasteiger partial charge in [0.1, 0.15) is 11.5 Å². The van der Waals surface area contributed by atoms with Crippen molar-refractivity contribution in [2.75, 3.05) is 19.8 Å². The second kappa shape index (κ2) is 9.17. The third-order valence-electron chi connectivity index (χ3n) is 4.67. The fourth-order valence-corrected chi connectivity index (χ4v) is 3.81. The Kier molecular flexibility index (Phi) is 6.18. The summed E-state index contributed by atoms with van der Waals surface area (Å²) in [5, 5.41) is 9.26. The Morgan fingerprint density at radius 2 is 1.93 bits per heavy atom. The molecule has 158 valence electrons. The van der Waals surface area contributed by atoms with E-state index in [1.807, 2.05) is 24.4 Å². The molecule has 0 aliphatic heterocycles. The van der Waals surface area contributed by atoms with Gasteiger partial charge in [0.2, 0.25) is 0 Å². The van der Waals surface area contributed by atoms with Crippen molar-refractivity contribution in [2.24, 2.45) is 0 Å². The number of amides is 1. The van der Waals surface area contributed by atoms with Gasteiger partial charge in [-0.15, -0.1) is 16.4 Å². The molecular weight excluding hydrogens is 404 g/mol. The van der Waals surface area contributed by atoms with Crippen molar-refractivity contribution >= 4 is 17.2 Å². The van der Waals surface area contributed by atoms with E-state index in [0.29, 0.717) is 31.3 Å². The third-order valence-corrected chi connectivity index (χ3v) is 5.54. The number of nitrogens with zero attached hydrogens (tertiary/aromatic N) is 3. The summed E-state index contributed by atoms with van der Waals surface area (Å²) in [6.07, 6.45) is 2.01. The first kappa shape index (κ1) is 20.2. The predicted molar refractivity (Wildman–Crippen MR) is 114 cm³/mol. The van der Waals surface area contributed by atoms with E-state index in [-0.39, 0.29) is 24.2 Å². The summed E-state index contributed by atoms with van der Waals surface area (Å²) in [5.41, 5.74) is -0.124. The Morgan fingerprint density at radius 1 is 1.20 bits per heavy atom. The average Bonchev–Trinajstić information content (AvgIpc) is 3.32. The van der Waals surface area contributed by atoms with Crippen molar-refractivity contribution in [1.29, 1.82) is 0 Å². The van der Waals surface area contributed by atoms with Gasteiger partial charge >= 0.3 is 5.69 Å². The highest BCUT2D eigenvalue weighted by Gasteiger charge is 2.30. The summed E-state index contributed by atoms with van der Waals surface area (Å²) in [5.74, 6) is 1.81. The monoisotopic (exact) mass is 428 g/mol. The number of hydrogen-bond donors (Lipinski definition) is 1. The van der Waals surface area contributed by atoms with Crippen LogP contribution in [-0.4, -0.2) is 40.0 Å². The van der Waals surface area contributed by atoms with Crippen molar-refractivity contribution in [3.05, 3.63) is 52.3 Å². The minimum absolute atomic E-state index is 0.0974. The molecule has 0 radical (unpaired) electrons. The molecule has 2 aromatic heterocycles. The predicted octanol–water partition coefficient (Wildman–Crippen LogP) is 2.70. The average molecular weight is 429 g/mol. The maximum absolute atomic E-state index is 12.7. The van der Waals surface area contributed by atoms with Crippen molar-refractivity contribution in [2.45, 2.75) is 32.4 Å². The highest BCUT2D eigenvalue weighted by atomic mass is 32.1. The van der Waals surface area contributed by atoms with E-state index in [2.05, 4.69) is 10.4 Å². The second-order valence-electron chi connectivity index (χ2n) is 6.95. The number of ether oxygens (including phenoxy) is 2. The normalized spacial score (nSPS) is 13.2. The number of thiophene rings is 1. The molecule has 8 nitrogen and oxygen atoms in total. The van der Waals surface area contributed by atoms with Gasteiger partial charge in [0.15, 0.2) is 12.4 Å². The molecule has 2 heterocycles. The first-order valence-electron chi connectivity index (χ1n) is 10.0. The molecule has 0 spiro atoms. The molecule has 0 atom stereocenters. The molecule has 0 saturated heterocycles. The summed E-state index contributed by atoms with van der Waals surface area (Å²) in [6, 6.07) is 11.3. The maximum atomic E-state index is 12.7. The van der Waals surface area contributed by atoms with Crippen LogP contribution in [0.4, 0.5) is 0 Å². The summed E-state index contributed by atoms with van der Waals surface area (Å²) in [7, 11) is 0. The molecule has 1 amide bonds. The lowest BCUT2D eigenvalue weighted by Gasteiger charge is -2.08. The van der Waals surface area contributed by atoms with Crippen LogP contribution in [0.15, 0.2) is 46.6 Å². The van der Waals surface area contributed by atoms with E-state index in [9.17, 15) is 9.59 Å². The number of carbonyl (C=O) groups is 1. The lowest BCUT2D eigenvalue weighted by atomic mass is 10.3. The van der Waals surface area contributed by atoms with E-state index < -0.39 is 0 Å². The summed E-state index contributed by atoms with van der Waals surface area (Å²) < 4.78 is 14.1. The van der Waals surface area contributed by atoms with Gasteiger partial charge in [-0.1, -0.05) is 6.07 Å². The number of benzene rings is 1. The molecule has 1 fully saturated rings. The Labute approximate surface area is 178 Å². The smallest absolute Gasteiger partial charge is 0.346 e. The van der Waals surface area contributed by atoms with Crippen LogP contribution < -0.4 is 20.5 Å². The Morgan fingerprint density at radius 3 is 2.57 bits per heavy atom. The van der Waals surface area contributed by atoms with Crippen LogP contribution in [0.5, 0.6) is 11.5 Å². The number of rotatable bonds is 10. The van der Waals surface area contributed by atoms with E-state index in [1.165, 1.54) is 4.68 Å². The van der Waals surface area contributed by atoms with Crippen LogP contribution in [-0.2, 0) is 11.3 Å². The Hall–Kier alpha value is -3.07. The van der Waals surface area contributed by atoms with Crippen LogP contribution in [0.2, 0.25) is 0 Å². The van der Waals surface area contributed by atoms with Crippen LogP contribution in [0, 0.1) is 0 Å². The number of aromatic nitrogens is 3. The highest BCUT2D eigenvalue weighted by molar-refractivity contribution is 7.13. The minimum Gasteiger partial charge on any atom is -0.494 e. The molecule has 30 heavy (non-hydrogen) atoms. The zero-order chi connectivity index (χ0) is 20.9. The van der Waals surface area contributed by atoms with Crippen LogP contribution in [0.1, 0.15) is 25.8 Å². The lowest BCUT2D eigenvalue weighted by molar-refractivity contribution is -0.123. The first-order valence-corrected chi connectivity index (χ1v) is 10.9. The van der Waals surface area contributed by atoms with Gasteiger partial charge in [0.25, 0.3) is 5.91 Å². The number of nitrogens with one attached hydrogen (secondary N) is 1. The van der Waals surface area contributed by atoms with Gasteiger partial charge in [-0.25, -0.2) is 9.48 Å². The van der Waals surface area contributed by atoms with Crippen molar-refractivity contribution in [3.8, 4) is 22.2 Å². The van der Waals surface area contributed by atoms with Crippen LogP contribution in [0.25, 0.3) is 10.7 Å². The molecule has 1 aliphatic rings. The SMILES string of the molecule is CCOc1ccc(OCC(=O)NCCn2nc(-c3cccs3)n(C3CC3)c2=O)cc1. The summed E-state index contributed by atoms with van der Waals surface area (Å²) in [4.78, 5) is 25.8. The van der Waals surface area contributed by atoms with Crippen molar-refractivity contribution < 1.29 is 14.3 Å². The molecule has 1 aromatic carbocycles. The molecule has 0 unspecified atom stereocenters. The van der Waals surface area contributed by atoms with Gasteiger partial charge in [-0.05, 0) is 55.5 Å². The van der Waals surface area contributed by atoms with E-state index in [0.717, 1.165) is 23.5 Å². The van der Waals surface area contributed by atoms with Gasteiger partial charge in [0, 0.05) is 12.6 Å². The first-order chi connectivity index (χ1) is 14.7. The van der Waals surface area contributed by atoms with Gasteiger partial charge in [-0.2, -0.15) is 0 Å². The molecule has 1 aliphatic carbocycles. The highest BCUT2D eigenvalue weighted by Crippen LogP contribution is 2.37. The van der Waals surface area contributed by atoms with Crippen LogP contribution in [0.3, 0.4) is 0 Å². The van der Waals surface area contributed by atoms with Gasteiger partial charge < -0.3 is 14.8 Å². The minimum atomic E-state index is -0.253. The third kappa shape index (κ3) is 4.73. The van der Waals surface area contributed by atoms with Crippen LogP contribution >= 0.6 is 11.3 Å². The van der Waals surface area contributed by atoms with E-state index >= 15 is 0 Å². The van der Waals surface area contributed by atoms with E-state index in [4.69, 9.17) is 9.47 Å². The Bertz CT molecular complexity index is 1040. The maximum Gasteiger partial charge on any atom is 0.346 e. The zero-order valence-corrected chi connectivity index (χ0v) is 17.6. The van der Waals surface area contributed by atoms with Gasteiger partial charge in [0.05, 0.1) is 18.0 Å². The van der Waals surface area contributed by atoms with E-state index in [1.54, 1.807) is 40.2 Å². The molecule has 9 heteroatoms.